The highest BCUT2D eigenvalue weighted by atomic mass is 15.1. The normalized spacial score (nSPS) is 10.9. The second-order valence-corrected chi connectivity index (χ2v) is 3.76. The number of aromatic amines is 2. The molecule has 4 heteroatoms. The lowest BCUT2D eigenvalue weighted by Gasteiger charge is -1.83. The van der Waals surface area contributed by atoms with Crippen molar-refractivity contribution < 1.29 is 9.13 Å². The van der Waals surface area contributed by atoms with Gasteiger partial charge in [0.15, 0.2) is 0 Å². The van der Waals surface area contributed by atoms with Crippen molar-refractivity contribution in [1.82, 2.24) is 9.97 Å². The summed E-state index contributed by atoms with van der Waals surface area (Å²) in [5, 5.41) is 0. The van der Waals surface area contributed by atoms with Gasteiger partial charge < -0.3 is 0 Å². The maximum Gasteiger partial charge on any atom is 0.330 e. The summed E-state index contributed by atoms with van der Waals surface area (Å²) >= 11 is 0. The third kappa shape index (κ3) is 1.32. The van der Waals surface area contributed by atoms with E-state index >= 15 is 0 Å². The molecule has 0 saturated heterocycles. The number of aromatic nitrogens is 4. The first-order valence-corrected chi connectivity index (χ1v) is 4.69. The Morgan fingerprint density at radius 2 is 1.71 bits per heavy atom. The summed E-state index contributed by atoms with van der Waals surface area (Å²) in [5.74, 6) is 2.25. The molecule has 0 fully saturated rings. The molecule has 0 aliphatic rings. The Labute approximate surface area is 83.2 Å². The number of nitrogens with zero attached hydrogens (tertiary/aromatic N) is 2. The van der Waals surface area contributed by atoms with Gasteiger partial charge in [0.05, 0.1) is 14.1 Å². The quantitative estimate of drug-likeness (QED) is 0.609. The highest BCUT2D eigenvalue weighted by Gasteiger charge is 2.20. The van der Waals surface area contributed by atoms with E-state index in [1.54, 1.807) is 0 Å². The van der Waals surface area contributed by atoms with E-state index in [4.69, 9.17) is 0 Å². The fourth-order valence-electron chi connectivity index (χ4n) is 1.65. The lowest BCUT2D eigenvalue weighted by Crippen LogP contribution is -2.29. The van der Waals surface area contributed by atoms with Crippen molar-refractivity contribution in [3.05, 3.63) is 23.9 Å². The zero-order valence-electron chi connectivity index (χ0n) is 9.05. The van der Waals surface area contributed by atoms with Gasteiger partial charge in [-0.15, -0.1) is 0 Å². The molecule has 0 aromatic carbocycles. The van der Waals surface area contributed by atoms with Gasteiger partial charge in [0.25, 0.3) is 11.5 Å². The van der Waals surface area contributed by atoms with Crippen LogP contribution in [-0.2, 0) is 14.1 Å². The molecule has 0 atom stereocenters. The molecule has 2 rings (SSSR count). The van der Waals surface area contributed by atoms with E-state index in [0.717, 1.165) is 23.0 Å². The molecule has 74 valence electrons. The molecule has 2 aromatic heterocycles. The fraction of sp³-hybridized carbons (Fsp3) is 0.400. The standard InChI is InChI=1S/C10H14N4/c1-7-5-14(4)10(11-7)9-6-13(3)8(2)12-9/h5-6H,1-4H3/p+2. The number of hydrogen-bond donors (Lipinski definition) is 2. The molecule has 14 heavy (non-hydrogen) atoms. The van der Waals surface area contributed by atoms with E-state index in [-0.39, 0.29) is 0 Å². The van der Waals surface area contributed by atoms with E-state index in [1.807, 2.05) is 14.1 Å². The predicted molar refractivity (Wildman–Crippen MR) is 52.4 cm³/mol. The van der Waals surface area contributed by atoms with Crippen LogP contribution >= 0.6 is 0 Å². The number of imidazole rings is 2. The first-order valence-electron chi connectivity index (χ1n) is 4.69. The Morgan fingerprint density at radius 1 is 1.00 bits per heavy atom. The molecular formula is C10H16N4+2. The third-order valence-corrected chi connectivity index (χ3v) is 2.48. The zero-order chi connectivity index (χ0) is 10.3. The summed E-state index contributed by atoms with van der Waals surface area (Å²) in [7, 11) is 4.07. The van der Waals surface area contributed by atoms with Gasteiger partial charge in [-0.05, 0) is 0 Å². The van der Waals surface area contributed by atoms with Crippen LogP contribution in [0.5, 0.6) is 0 Å². The Bertz CT molecular complexity index is 445. The van der Waals surface area contributed by atoms with Gasteiger partial charge in [-0.25, -0.2) is 19.1 Å². The van der Waals surface area contributed by atoms with E-state index in [0.29, 0.717) is 0 Å². The molecular weight excluding hydrogens is 176 g/mol. The summed E-state index contributed by atoms with van der Waals surface area (Å²) in [6, 6.07) is 0. The highest BCUT2D eigenvalue weighted by molar-refractivity contribution is 5.42. The second kappa shape index (κ2) is 2.97. The van der Waals surface area contributed by atoms with E-state index in [9.17, 15) is 0 Å². The first kappa shape index (κ1) is 8.99. The lowest BCUT2D eigenvalue weighted by atomic mass is 10.4. The van der Waals surface area contributed by atoms with Crippen molar-refractivity contribution in [3.8, 4) is 11.5 Å². The minimum Gasteiger partial charge on any atom is -0.237 e. The van der Waals surface area contributed by atoms with Crippen molar-refractivity contribution in [2.24, 2.45) is 14.1 Å². The molecule has 0 aliphatic heterocycles. The molecule has 0 spiro atoms. The van der Waals surface area contributed by atoms with Crippen LogP contribution in [0.15, 0.2) is 12.4 Å². The highest BCUT2D eigenvalue weighted by Crippen LogP contribution is 2.09. The van der Waals surface area contributed by atoms with Gasteiger partial charge in [-0.2, -0.15) is 0 Å². The summed E-state index contributed by atoms with van der Waals surface area (Å²) in [6.07, 6.45) is 4.16. The lowest BCUT2D eigenvalue weighted by molar-refractivity contribution is -0.677. The maximum atomic E-state index is 3.33. The van der Waals surface area contributed by atoms with Crippen molar-refractivity contribution in [3.63, 3.8) is 0 Å². The van der Waals surface area contributed by atoms with Crippen LogP contribution in [0.2, 0.25) is 0 Å². The fourth-order valence-corrected chi connectivity index (χ4v) is 1.65. The summed E-state index contributed by atoms with van der Waals surface area (Å²) in [4.78, 5) is 6.65. The average Bonchev–Trinajstić information content (AvgIpc) is 2.57. The maximum absolute atomic E-state index is 3.33. The largest absolute Gasteiger partial charge is 0.330 e. The Morgan fingerprint density at radius 3 is 2.14 bits per heavy atom. The van der Waals surface area contributed by atoms with E-state index < -0.39 is 0 Å². The van der Waals surface area contributed by atoms with Crippen LogP contribution in [0, 0.1) is 13.8 Å². The van der Waals surface area contributed by atoms with Crippen LogP contribution in [0.1, 0.15) is 11.5 Å². The van der Waals surface area contributed by atoms with Gasteiger partial charge in [0.1, 0.15) is 18.1 Å². The molecule has 0 bridgehead atoms. The van der Waals surface area contributed by atoms with Gasteiger partial charge in [-0.1, -0.05) is 0 Å². The smallest absolute Gasteiger partial charge is 0.237 e. The Kier molecular flexibility index (Phi) is 1.91. The minimum absolute atomic E-state index is 1.10. The monoisotopic (exact) mass is 192 g/mol. The molecule has 0 saturated carbocycles. The Hall–Kier alpha value is -1.58. The summed E-state index contributed by atoms with van der Waals surface area (Å²) in [5.41, 5.74) is 2.28. The molecule has 0 unspecified atom stereocenters. The van der Waals surface area contributed by atoms with Crippen LogP contribution in [0.3, 0.4) is 0 Å². The summed E-state index contributed by atoms with van der Waals surface area (Å²) < 4.78 is 4.16. The van der Waals surface area contributed by atoms with Crippen LogP contribution < -0.4 is 9.13 Å². The second-order valence-electron chi connectivity index (χ2n) is 3.76. The van der Waals surface area contributed by atoms with Gasteiger partial charge >= 0.3 is 5.82 Å². The predicted octanol–water partition coefficient (Wildman–Crippen LogP) is 0.276. The van der Waals surface area contributed by atoms with Crippen molar-refractivity contribution >= 4 is 0 Å². The molecule has 2 heterocycles. The number of nitrogens with one attached hydrogen (secondary N) is 2. The third-order valence-electron chi connectivity index (χ3n) is 2.48. The topological polar surface area (TPSA) is 39.3 Å². The molecule has 2 N–H and O–H groups in total. The summed E-state index contributed by atoms with van der Waals surface area (Å²) in [6.45, 7) is 4.11. The number of aryl methyl sites for hydroxylation is 4. The van der Waals surface area contributed by atoms with Crippen molar-refractivity contribution in [2.45, 2.75) is 13.8 Å². The molecule has 2 aromatic rings. The zero-order valence-corrected chi connectivity index (χ0v) is 9.05. The van der Waals surface area contributed by atoms with Gasteiger partial charge in [0, 0.05) is 13.8 Å². The van der Waals surface area contributed by atoms with Crippen LogP contribution in [0.25, 0.3) is 11.5 Å². The van der Waals surface area contributed by atoms with Crippen molar-refractivity contribution in [1.29, 1.82) is 0 Å². The average molecular weight is 192 g/mol. The Balaban J connectivity index is 2.54. The number of rotatable bonds is 1. The number of hydrogen-bond acceptors (Lipinski definition) is 0. The molecule has 4 nitrogen and oxygen atoms in total. The number of H-pyrrole nitrogens is 2. The molecule has 0 radical (unpaired) electrons. The van der Waals surface area contributed by atoms with Crippen LogP contribution in [0.4, 0.5) is 0 Å². The van der Waals surface area contributed by atoms with Gasteiger partial charge in [-0.3, -0.25) is 0 Å². The minimum atomic E-state index is 1.10. The van der Waals surface area contributed by atoms with Crippen molar-refractivity contribution in [2.75, 3.05) is 0 Å². The molecule has 0 amide bonds. The van der Waals surface area contributed by atoms with E-state index in [2.05, 4.69) is 45.3 Å². The van der Waals surface area contributed by atoms with Crippen LogP contribution in [-0.4, -0.2) is 9.97 Å². The SMILES string of the molecule is Cc1c[n+](C)c(-c2c[n+](C)c(C)[nH]2)[nH]1. The first-order chi connectivity index (χ1) is 6.58. The van der Waals surface area contributed by atoms with E-state index in [1.165, 1.54) is 0 Å². The van der Waals surface area contributed by atoms with Gasteiger partial charge in [0.2, 0.25) is 0 Å². The molecule has 0 aliphatic carbocycles.